The van der Waals surface area contributed by atoms with Gasteiger partial charge in [0.1, 0.15) is 0 Å². The van der Waals surface area contributed by atoms with Crippen LogP contribution in [0, 0.1) is 10.1 Å². The van der Waals surface area contributed by atoms with Crippen molar-refractivity contribution in [2.45, 2.75) is 18.9 Å². The van der Waals surface area contributed by atoms with E-state index < -0.39 is 14.8 Å². The van der Waals surface area contributed by atoms with Crippen molar-refractivity contribution in [1.82, 2.24) is 9.80 Å². The predicted octanol–water partition coefficient (Wildman–Crippen LogP) is 1.58. The first-order chi connectivity index (χ1) is 12.7. The number of nitrogens with zero attached hydrogens (tertiary/aromatic N) is 3. The van der Waals surface area contributed by atoms with Gasteiger partial charge in [0.05, 0.1) is 16.4 Å². The Morgan fingerprint density at radius 1 is 1.26 bits per heavy atom. The Balaban J connectivity index is 2.08. The third-order valence-corrected chi connectivity index (χ3v) is 6.21. The number of nitro benzene ring substituents is 1. The number of sulfone groups is 1. The van der Waals surface area contributed by atoms with E-state index in [1.807, 2.05) is 19.0 Å². The topological polar surface area (TPSA) is 101 Å². The molecule has 8 nitrogen and oxygen atoms in total. The number of amides is 1. The Bertz CT molecular complexity index is 803. The zero-order valence-electron chi connectivity index (χ0n) is 15.6. The molecule has 1 saturated heterocycles. The smallest absolute Gasteiger partial charge is 0.269 e. The van der Waals surface area contributed by atoms with E-state index in [1.54, 1.807) is 23.1 Å². The van der Waals surface area contributed by atoms with Crippen LogP contribution in [0.25, 0.3) is 6.08 Å². The predicted molar refractivity (Wildman–Crippen MR) is 104 cm³/mol. The second kappa shape index (κ2) is 9.09. The van der Waals surface area contributed by atoms with Crippen LogP contribution >= 0.6 is 0 Å². The molecule has 27 heavy (non-hydrogen) atoms. The Morgan fingerprint density at radius 3 is 2.44 bits per heavy atom. The summed E-state index contributed by atoms with van der Waals surface area (Å²) in [4.78, 5) is 26.5. The SMILES string of the molecule is CN(C)CCCN(C(=O)/C=C/c1ccc([N+](=O)[O-])cc1)C1CCS(=O)(=O)C1. The lowest BCUT2D eigenvalue weighted by molar-refractivity contribution is -0.384. The van der Waals surface area contributed by atoms with E-state index in [1.165, 1.54) is 18.2 Å². The number of benzene rings is 1. The lowest BCUT2D eigenvalue weighted by Gasteiger charge is -2.27. The van der Waals surface area contributed by atoms with Crippen molar-refractivity contribution in [3.8, 4) is 0 Å². The number of hydrogen-bond donors (Lipinski definition) is 0. The molecule has 0 saturated carbocycles. The highest BCUT2D eigenvalue weighted by molar-refractivity contribution is 7.91. The van der Waals surface area contributed by atoms with Gasteiger partial charge in [0.15, 0.2) is 9.84 Å². The third-order valence-electron chi connectivity index (χ3n) is 4.46. The summed E-state index contributed by atoms with van der Waals surface area (Å²) in [5, 5.41) is 10.7. The van der Waals surface area contributed by atoms with Gasteiger partial charge in [-0.2, -0.15) is 0 Å². The van der Waals surface area contributed by atoms with Gasteiger partial charge in [-0.25, -0.2) is 8.42 Å². The molecule has 0 aromatic heterocycles. The second-order valence-corrected chi connectivity index (χ2v) is 9.16. The first-order valence-electron chi connectivity index (χ1n) is 8.76. The lowest BCUT2D eigenvalue weighted by Crippen LogP contribution is -2.41. The molecular formula is C18H25N3O5S. The molecule has 1 heterocycles. The second-order valence-electron chi connectivity index (χ2n) is 6.93. The molecule has 1 unspecified atom stereocenters. The van der Waals surface area contributed by atoms with E-state index in [9.17, 15) is 23.3 Å². The standard InChI is InChI=1S/C18H25N3O5S/c1-19(2)11-3-12-20(17-10-13-27(25,26)14-17)18(22)9-6-15-4-7-16(8-5-15)21(23)24/h4-9,17H,3,10-14H2,1-2H3/b9-6+. The summed E-state index contributed by atoms with van der Waals surface area (Å²) in [5.41, 5.74) is 0.654. The quantitative estimate of drug-likeness (QED) is 0.376. The van der Waals surface area contributed by atoms with Crippen molar-refractivity contribution in [2.24, 2.45) is 0 Å². The molecule has 1 aliphatic heterocycles. The van der Waals surface area contributed by atoms with Gasteiger partial charge in [-0.05, 0) is 57.3 Å². The van der Waals surface area contributed by atoms with Crippen LogP contribution in [-0.2, 0) is 14.6 Å². The maximum Gasteiger partial charge on any atom is 0.269 e. The Hall–Kier alpha value is -2.26. The van der Waals surface area contributed by atoms with E-state index >= 15 is 0 Å². The maximum absolute atomic E-state index is 12.7. The van der Waals surface area contributed by atoms with Crippen molar-refractivity contribution in [3.63, 3.8) is 0 Å². The normalized spacial score (nSPS) is 18.9. The largest absolute Gasteiger partial charge is 0.335 e. The molecule has 1 aromatic carbocycles. The van der Waals surface area contributed by atoms with Crippen LogP contribution in [0.5, 0.6) is 0 Å². The van der Waals surface area contributed by atoms with Crippen LogP contribution in [0.15, 0.2) is 30.3 Å². The highest BCUT2D eigenvalue weighted by atomic mass is 32.2. The minimum Gasteiger partial charge on any atom is -0.335 e. The van der Waals surface area contributed by atoms with E-state index in [4.69, 9.17) is 0 Å². The van der Waals surface area contributed by atoms with Gasteiger partial charge in [-0.1, -0.05) is 0 Å². The summed E-state index contributed by atoms with van der Waals surface area (Å²) in [7, 11) is 0.803. The Morgan fingerprint density at radius 2 is 1.93 bits per heavy atom. The first kappa shape index (κ1) is 21.0. The lowest BCUT2D eigenvalue weighted by atomic mass is 10.1. The van der Waals surface area contributed by atoms with E-state index in [-0.39, 0.29) is 29.1 Å². The third kappa shape index (κ3) is 6.44. The molecular weight excluding hydrogens is 370 g/mol. The summed E-state index contributed by atoms with van der Waals surface area (Å²) in [6.45, 7) is 1.29. The summed E-state index contributed by atoms with van der Waals surface area (Å²) in [5.74, 6) is -0.123. The monoisotopic (exact) mass is 395 g/mol. The van der Waals surface area contributed by atoms with Gasteiger partial charge < -0.3 is 9.80 Å². The zero-order chi connectivity index (χ0) is 20.0. The number of rotatable bonds is 8. The van der Waals surface area contributed by atoms with E-state index in [0.29, 0.717) is 18.5 Å². The molecule has 1 atom stereocenters. The zero-order valence-corrected chi connectivity index (χ0v) is 16.4. The van der Waals surface area contributed by atoms with Crippen LogP contribution in [0.1, 0.15) is 18.4 Å². The van der Waals surface area contributed by atoms with Gasteiger partial charge in [0.25, 0.3) is 5.69 Å². The number of carbonyl (C=O) groups is 1. The maximum atomic E-state index is 12.7. The van der Waals surface area contributed by atoms with Crippen LogP contribution in [0.4, 0.5) is 5.69 Å². The summed E-state index contributed by atoms with van der Waals surface area (Å²) in [6, 6.07) is 5.59. The van der Waals surface area contributed by atoms with Crippen molar-refractivity contribution in [3.05, 3.63) is 46.0 Å². The van der Waals surface area contributed by atoms with Gasteiger partial charge >= 0.3 is 0 Å². The van der Waals surface area contributed by atoms with Gasteiger partial charge in [0.2, 0.25) is 5.91 Å². The molecule has 1 amide bonds. The molecule has 0 bridgehead atoms. The molecule has 2 rings (SSSR count). The molecule has 148 valence electrons. The fourth-order valence-corrected chi connectivity index (χ4v) is 4.75. The summed E-state index contributed by atoms with van der Waals surface area (Å²) in [6.07, 6.45) is 4.21. The van der Waals surface area contributed by atoms with Crippen molar-refractivity contribution < 1.29 is 18.1 Å². The van der Waals surface area contributed by atoms with Crippen LogP contribution < -0.4 is 0 Å². The fraction of sp³-hybridized carbons (Fsp3) is 0.500. The molecule has 1 aromatic rings. The minimum absolute atomic E-state index is 0.00603. The van der Waals surface area contributed by atoms with Crippen LogP contribution in [0.3, 0.4) is 0 Å². The molecule has 9 heteroatoms. The highest BCUT2D eigenvalue weighted by Gasteiger charge is 2.33. The molecule has 0 radical (unpaired) electrons. The molecule has 0 spiro atoms. The number of carbonyl (C=O) groups excluding carboxylic acids is 1. The molecule has 0 aliphatic carbocycles. The minimum atomic E-state index is -3.09. The molecule has 1 aliphatic rings. The Labute approximate surface area is 159 Å². The van der Waals surface area contributed by atoms with Crippen LogP contribution in [0.2, 0.25) is 0 Å². The van der Waals surface area contributed by atoms with E-state index in [0.717, 1.165) is 13.0 Å². The summed E-state index contributed by atoms with van der Waals surface area (Å²) >= 11 is 0. The highest BCUT2D eigenvalue weighted by Crippen LogP contribution is 2.19. The van der Waals surface area contributed by atoms with Crippen molar-refractivity contribution in [1.29, 1.82) is 0 Å². The van der Waals surface area contributed by atoms with Crippen LogP contribution in [-0.4, -0.2) is 73.8 Å². The number of hydrogen-bond acceptors (Lipinski definition) is 6. The van der Waals surface area contributed by atoms with E-state index in [2.05, 4.69) is 0 Å². The average Bonchev–Trinajstić information content (AvgIpc) is 2.96. The average molecular weight is 395 g/mol. The molecule has 1 fully saturated rings. The Kier molecular flexibility index (Phi) is 7.09. The number of non-ortho nitro benzene ring substituents is 1. The van der Waals surface area contributed by atoms with Crippen molar-refractivity contribution >= 4 is 27.5 Å². The van der Waals surface area contributed by atoms with Crippen molar-refractivity contribution in [2.75, 3.05) is 38.7 Å². The number of nitro groups is 1. The van der Waals surface area contributed by atoms with Gasteiger partial charge in [0, 0.05) is 30.8 Å². The first-order valence-corrected chi connectivity index (χ1v) is 10.6. The van der Waals surface area contributed by atoms with Gasteiger partial charge in [-0.3, -0.25) is 14.9 Å². The summed E-state index contributed by atoms with van der Waals surface area (Å²) < 4.78 is 23.6. The van der Waals surface area contributed by atoms with Gasteiger partial charge in [-0.15, -0.1) is 0 Å². The fourth-order valence-electron chi connectivity index (χ4n) is 3.02. The molecule has 0 N–H and O–H groups in total.